The van der Waals surface area contributed by atoms with E-state index in [-0.39, 0.29) is 11.6 Å². The summed E-state index contributed by atoms with van der Waals surface area (Å²) in [5.74, 6) is -0.517. The van der Waals surface area contributed by atoms with E-state index in [4.69, 9.17) is 11.7 Å². The predicted molar refractivity (Wildman–Crippen MR) is 56.3 cm³/mol. The van der Waals surface area contributed by atoms with Crippen LogP contribution in [0.15, 0.2) is 42.5 Å². The number of hydrogen-bond donors (Lipinski definition) is 0. The average Bonchev–Trinajstić information content (AvgIpc) is 2.27. The van der Waals surface area contributed by atoms with Gasteiger partial charge in [0, 0.05) is 0 Å². The number of benzene rings is 2. The van der Waals surface area contributed by atoms with Crippen molar-refractivity contribution in [2.24, 2.45) is 0 Å². The fraction of sp³-hybridized carbons (Fsp3) is 0. The molecule has 2 radical (unpaired) electrons. The fourth-order valence-corrected chi connectivity index (χ4v) is 1.23. The highest BCUT2D eigenvalue weighted by molar-refractivity contribution is 5.36. The first kappa shape index (κ1) is 10.6. The Kier molecular flexibility index (Phi) is 2.86. The maximum absolute atomic E-state index is 13.3. The molecule has 0 heterocycles. The molecule has 0 aliphatic carbocycles. The van der Waals surface area contributed by atoms with Gasteiger partial charge in [0.25, 0.3) is 0 Å². The first-order valence-electron chi connectivity index (χ1n) is 4.63. The molecule has 80 valence electrons. The zero-order valence-corrected chi connectivity index (χ0v) is 8.28. The Bertz CT molecular complexity index is 492. The SMILES string of the molecule is [CH]c1ccc(F)c(Oc2ccc(F)cc2)c1. The van der Waals surface area contributed by atoms with E-state index in [1.165, 1.54) is 42.5 Å². The largest absolute Gasteiger partial charge is 0.454 e. The Balaban J connectivity index is 2.26. The highest BCUT2D eigenvalue weighted by Gasteiger charge is 2.04. The Labute approximate surface area is 92.3 Å². The second kappa shape index (κ2) is 4.31. The van der Waals surface area contributed by atoms with Crippen molar-refractivity contribution in [3.05, 3.63) is 66.6 Å². The van der Waals surface area contributed by atoms with Crippen molar-refractivity contribution in [2.45, 2.75) is 0 Å². The van der Waals surface area contributed by atoms with Gasteiger partial charge >= 0.3 is 0 Å². The summed E-state index contributed by atoms with van der Waals surface area (Å²) in [6, 6.07) is 9.33. The van der Waals surface area contributed by atoms with Crippen molar-refractivity contribution in [1.29, 1.82) is 0 Å². The lowest BCUT2D eigenvalue weighted by Crippen LogP contribution is -1.89. The third-order valence-electron chi connectivity index (χ3n) is 2.00. The monoisotopic (exact) mass is 218 g/mol. The van der Waals surface area contributed by atoms with E-state index in [0.29, 0.717) is 11.3 Å². The first-order valence-corrected chi connectivity index (χ1v) is 4.63. The molecular weight excluding hydrogens is 210 g/mol. The summed E-state index contributed by atoms with van der Waals surface area (Å²) in [6.45, 7) is 5.50. The molecule has 0 saturated carbocycles. The van der Waals surface area contributed by atoms with Crippen LogP contribution in [0.1, 0.15) is 5.56 Å². The summed E-state index contributed by atoms with van der Waals surface area (Å²) < 4.78 is 31.1. The molecule has 3 heteroatoms. The topological polar surface area (TPSA) is 9.23 Å². The van der Waals surface area contributed by atoms with Gasteiger partial charge in [-0.2, -0.15) is 0 Å². The second-order valence-electron chi connectivity index (χ2n) is 3.25. The molecule has 0 atom stereocenters. The molecule has 0 bridgehead atoms. The Morgan fingerprint density at radius 3 is 2.31 bits per heavy atom. The average molecular weight is 218 g/mol. The van der Waals surface area contributed by atoms with Gasteiger partial charge in [-0.1, -0.05) is 6.07 Å². The van der Waals surface area contributed by atoms with E-state index >= 15 is 0 Å². The van der Waals surface area contributed by atoms with Gasteiger partial charge in [0.2, 0.25) is 0 Å². The third-order valence-corrected chi connectivity index (χ3v) is 2.00. The minimum absolute atomic E-state index is 0.0200. The molecule has 2 aromatic carbocycles. The summed E-state index contributed by atoms with van der Waals surface area (Å²) in [5, 5.41) is 0. The molecule has 0 amide bonds. The van der Waals surface area contributed by atoms with Gasteiger partial charge in [-0.3, -0.25) is 0 Å². The van der Waals surface area contributed by atoms with Crippen molar-refractivity contribution < 1.29 is 13.5 Å². The van der Waals surface area contributed by atoms with Crippen LogP contribution in [0.4, 0.5) is 8.78 Å². The molecule has 1 nitrogen and oxygen atoms in total. The van der Waals surface area contributed by atoms with Crippen LogP contribution in [0.2, 0.25) is 0 Å². The second-order valence-corrected chi connectivity index (χ2v) is 3.25. The molecule has 0 fully saturated rings. The maximum atomic E-state index is 13.3. The number of hydrogen-bond acceptors (Lipinski definition) is 1. The van der Waals surface area contributed by atoms with Crippen LogP contribution in [-0.2, 0) is 0 Å². The third kappa shape index (κ3) is 2.37. The van der Waals surface area contributed by atoms with Crippen molar-refractivity contribution in [1.82, 2.24) is 0 Å². The number of rotatable bonds is 2. The Hall–Kier alpha value is -1.90. The van der Waals surface area contributed by atoms with Crippen molar-refractivity contribution in [2.75, 3.05) is 0 Å². The Morgan fingerprint density at radius 2 is 1.62 bits per heavy atom. The zero-order valence-electron chi connectivity index (χ0n) is 8.28. The van der Waals surface area contributed by atoms with E-state index < -0.39 is 5.82 Å². The molecule has 0 spiro atoms. The lowest BCUT2D eigenvalue weighted by Gasteiger charge is -2.07. The van der Waals surface area contributed by atoms with Gasteiger partial charge in [-0.25, -0.2) is 8.78 Å². The standard InChI is InChI=1S/C13H8F2O/c1-9-2-7-12(15)13(8-9)16-11-5-3-10(14)4-6-11/h1-8H. The van der Waals surface area contributed by atoms with Gasteiger partial charge in [0.05, 0.1) is 0 Å². The van der Waals surface area contributed by atoms with Crippen LogP contribution >= 0.6 is 0 Å². The summed E-state index contributed by atoms with van der Waals surface area (Å²) in [5.41, 5.74) is 0.401. The molecule has 0 aromatic heterocycles. The van der Waals surface area contributed by atoms with Gasteiger partial charge < -0.3 is 4.74 Å². The fourth-order valence-electron chi connectivity index (χ4n) is 1.23. The molecule has 0 saturated heterocycles. The normalized spacial score (nSPS) is 10.2. The minimum atomic E-state index is -0.515. The van der Waals surface area contributed by atoms with Crippen LogP contribution in [0, 0.1) is 18.6 Å². The number of ether oxygens (including phenoxy) is 1. The van der Waals surface area contributed by atoms with Crippen LogP contribution in [-0.4, -0.2) is 0 Å². The molecule has 2 aromatic rings. The first-order chi connectivity index (χ1) is 7.65. The van der Waals surface area contributed by atoms with Crippen molar-refractivity contribution in [3.8, 4) is 11.5 Å². The predicted octanol–water partition coefficient (Wildman–Crippen LogP) is 3.82. The van der Waals surface area contributed by atoms with Crippen LogP contribution in [0.5, 0.6) is 11.5 Å². The highest BCUT2D eigenvalue weighted by Crippen LogP contribution is 2.25. The van der Waals surface area contributed by atoms with Crippen molar-refractivity contribution in [3.63, 3.8) is 0 Å². The Morgan fingerprint density at radius 1 is 0.938 bits per heavy atom. The molecule has 0 N–H and O–H groups in total. The van der Waals surface area contributed by atoms with Crippen LogP contribution in [0.3, 0.4) is 0 Å². The minimum Gasteiger partial charge on any atom is -0.454 e. The quantitative estimate of drug-likeness (QED) is 0.744. The summed E-state index contributed by atoms with van der Waals surface area (Å²) in [4.78, 5) is 0. The zero-order chi connectivity index (χ0) is 11.5. The molecule has 0 aliphatic rings. The summed E-state index contributed by atoms with van der Waals surface area (Å²) >= 11 is 0. The summed E-state index contributed by atoms with van der Waals surface area (Å²) in [7, 11) is 0. The van der Waals surface area contributed by atoms with Gasteiger partial charge in [-0.05, 0) is 48.9 Å². The summed E-state index contributed by atoms with van der Waals surface area (Å²) in [6.07, 6.45) is 0. The number of halogens is 2. The lowest BCUT2D eigenvalue weighted by molar-refractivity contribution is 0.441. The van der Waals surface area contributed by atoms with Gasteiger partial charge in [0.15, 0.2) is 11.6 Å². The molecule has 2 rings (SSSR count). The van der Waals surface area contributed by atoms with E-state index in [2.05, 4.69) is 0 Å². The molecular formula is C13H8F2O. The van der Waals surface area contributed by atoms with E-state index in [1.807, 2.05) is 0 Å². The molecule has 16 heavy (non-hydrogen) atoms. The van der Waals surface area contributed by atoms with Crippen molar-refractivity contribution >= 4 is 0 Å². The molecule has 0 unspecified atom stereocenters. The highest BCUT2D eigenvalue weighted by atomic mass is 19.1. The molecule has 0 aliphatic heterocycles. The van der Waals surface area contributed by atoms with Crippen LogP contribution < -0.4 is 4.74 Å². The van der Waals surface area contributed by atoms with Crippen LogP contribution in [0.25, 0.3) is 0 Å². The van der Waals surface area contributed by atoms with E-state index in [0.717, 1.165) is 0 Å². The smallest absolute Gasteiger partial charge is 0.165 e. The van der Waals surface area contributed by atoms with Gasteiger partial charge in [-0.15, -0.1) is 0 Å². The van der Waals surface area contributed by atoms with E-state index in [1.54, 1.807) is 0 Å². The van der Waals surface area contributed by atoms with Gasteiger partial charge in [0.1, 0.15) is 11.6 Å². The lowest BCUT2D eigenvalue weighted by atomic mass is 10.2. The maximum Gasteiger partial charge on any atom is 0.165 e. The van der Waals surface area contributed by atoms with E-state index in [9.17, 15) is 8.78 Å².